The van der Waals surface area contributed by atoms with Gasteiger partial charge in [0.2, 0.25) is 21.9 Å². The predicted octanol–water partition coefficient (Wildman–Crippen LogP) is 3.22. The Morgan fingerprint density at radius 2 is 1.78 bits per heavy atom. The van der Waals surface area contributed by atoms with Gasteiger partial charge in [0.25, 0.3) is 11.2 Å². The number of carbonyl (C=O) groups is 2. The maximum absolute atomic E-state index is 14.2. The first-order valence-electron chi connectivity index (χ1n) is 15.9. The average molecular weight is 707 g/mol. The molecule has 3 aliphatic rings. The summed E-state index contributed by atoms with van der Waals surface area (Å²) in [4.78, 5) is 51.6. The minimum absolute atomic E-state index is 0.138. The Labute approximate surface area is 287 Å². The van der Waals surface area contributed by atoms with Crippen molar-refractivity contribution in [2.75, 3.05) is 19.8 Å². The number of aromatic nitrogens is 1. The minimum atomic E-state index is -4.47. The highest BCUT2D eigenvalue weighted by Gasteiger charge is 2.49. The molecule has 3 aliphatic heterocycles. The van der Waals surface area contributed by atoms with E-state index in [-0.39, 0.29) is 59.8 Å². The van der Waals surface area contributed by atoms with E-state index in [1.807, 2.05) is 19.9 Å². The van der Waals surface area contributed by atoms with Crippen LogP contribution in [0.2, 0.25) is 0 Å². The third-order valence-corrected chi connectivity index (χ3v) is 10.9. The SMILES string of the molecule is CCOC(=O)C(OC(=O)[C@H]1Cc2ccccc2CN1S(=O)(=O)c1ccc([N+](=O)[O-])cc1)c1cc2n(c(=O)c1C#N)CCC21OCC(C)(C)CO1. The second-order valence-corrected chi connectivity index (χ2v) is 14.9. The van der Waals surface area contributed by atoms with Crippen LogP contribution in [-0.4, -0.2) is 60.0 Å². The zero-order valence-electron chi connectivity index (χ0n) is 27.5. The van der Waals surface area contributed by atoms with Gasteiger partial charge in [-0.2, -0.15) is 9.57 Å². The fourth-order valence-corrected chi connectivity index (χ4v) is 7.94. The molecule has 0 saturated carbocycles. The Kier molecular flexibility index (Phi) is 9.12. The molecule has 6 rings (SSSR count). The molecular formula is C34H34N4O11S. The van der Waals surface area contributed by atoms with Gasteiger partial charge in [0, 0.05) is 49.0 Å². The van der Waals surface area contributed by atoms with Crippen LogP contribution in [0.15, 0.2) is 64.3 Å². The van der Waals surface area contributed by atoms with Gasteiger partial charge in [0.15, 0.2) is 0 Å². The van der Waals surface area contributed by atoms with E-state index in [0.717, 1.165) is 28.6 Å². The van der Waals surface area contributed by atoms with Gasteiger partial charge in [-0.25, -0.2) is 13.2 Å². The Balaban J connectivity index is 1.41. The summed E-state index contributed by atoms with van der Waals surface area (Å²) in [5.74, 6) is -3.57. The number of ether oxygens (including phenoxy) is 4. The lowest BCUT2D eigenvalue weighted by molar-refractivity contribution is -0.384. The highest BCUT2D eigenvalue weighted by Crippen LogP contribution is 2.43. The van der Waals surface area contributed by atoms with Crippen molar-refractivity contribution in [3.8, 4) is 6.07 Å². The molecule has 1 unspecified atom stereocenters. The Morgan fingerprint density at radius 3 is 2.40 bits per heavy atom. The van der Waals surface area contributed by atoms with Gasteiger partial charge >= 0.3 is 11.9 Å². The van der Waals surface area contributed by atoms with Crippen LogP contribution in [0.1, 0.15) is 61.2 Å². The van der Waals surface area contributed by atoms with E-state index in [9.17, 15) is 38.2 Å². The molecule has 0 radical (unpaired) electrons. The Bertz CT molecular complexity index is 2080. The van der Waals surface area contributed by atoms with Crippen molar-refractivity contribution in [2.24, 2.45) is 5.41 Å². The number of sulfonamides is 1. The van der Waals surface area contributed by atoms with Crippen molar-refractivity contribution in [2.45, 2.75) is 69.5 Å². The summed E-state index contributed by atoms with van der Waals surface area (Å²) < 4.78 is 53.6. The van der Waals surface area contributed by atoms with Crippen LogP contribution >= 0.6 is 0 Å². The molecule has 15 nitrogen and oxygen atoms in total. The smallest absolute Gasteiger partial charge is 0.352 e. The van der Waals surface area contributed by atoms with E-state index in [4.69, 9.17) is 18.9 Å². The molecule has 2 aromatic carbocycles. The van der Waals surface area contributed by atoms with Crippen molar-refractivity contribution >= 4 is 27.6 Å². The molecule has 0 N–H and O–H groups in total. The number of esters is 2. The fraction of sp³-hybridized carbons (Fsp3) is 0.412. The molecule has 1 fully saturated rings. The average Bonchev–Trinajstić information content (AvgIpc) is 3.46. The van der Waals surface area contributed by atoms with Gasteiger partial charge in [-0.3, -0.25) is 19.7 Å². The monoisotopic (exact) mass is 706 g/mol. The second kappa shape index (κ2) is 13.1. The van der Waals surface area contributed by atoms with Gasteiger partial charge in [-0.05, 0) is 36.2 Å². The lowest BCUT2D eigenvalue weighted by Gasteiger charge is -2.41. The molecular weight excluding hydrogens is 672 g/mol. The molecule has 16 heteroatoms. The second-order valence-electron chi connectivity index (χ2n) is 13.0. The van der Waals surface area contributed by atoms with E-state index in [1.54, 1.807) is 24.3 Å². The number of nitro benzene ring substituents is 1. The van der Waals surface area contributed by atoms with Crippen molar-refractivity contribution < 1.29 is 41.9 Å². The summed E-state index contributed by atoms with van der Waals surface area (Å²) in [6.07, 6.45) is -1.82. The number of hydrogen-bond donors (Lipinski definition) is 0. The quantitative estimate of drug-likeness (QED) is 0.189. The van der Waals surface area contributed by atoms with Gasteiger partial charge < -0.3 is 23.5 Å². The first-order valence-corrected chi connectivity index (χ1v) is 17.3. The molecule has 4 heterocycles. The Hall–Kier alpha value is -4.95. The topological polar surface area (TPSA) is 197 Å². The van der Waals surface area contributed by atoms with Crippen LogP contribution in [0.25, 0.3) is 0 Å². The molecule has 0 bridgehead atoms. The van der Waals surface area contributed by atoms with Crippen LogP contribution in [0.5, 0.6) is 0 Å². The molecule has 50 heavy (non-hydrogen) atoms. The highest BCUT2D eigenvalue weighted by molar-refractivity contribution is 7.89. The van der Waals surface area contributed by atoms with Gasteiger partial charge in [0.1, 0.15) is 17.7 Å². The summed E-state index contributed by atoms with van der Waals surface area (Å²) >= 11 is 0. The van der Waals surface area contributed by atoms with Gasteiger partial charge in [-0.1, -0.05) is 38.1 Å². The minimum Gasteiger partial charge on any atom is -0.463 e. The standard InChI is InChI=1S/C34H34N4O11S/c1-4-46-32(41)29(25-16-28-34(47-19-33(2,3)20-48-34)13-14-36(28)30(39)26(25)17-35)49-31(40)27-15-21-7-5-6-8-22(21)18-37(27)50(44,45)24-11-9-23(10-12-24)38(42)43/h5-12,16,27,29H,4,13-15,18-20H2,1-3H3/t27-,29?/m1/s1. The van der Waals surface area contributed by atoms with E-state index >= 15 is 0 Å². The lowest BCUT2D eigenvalue weighted by Crippen LogP contribution is -2.49. The number of rotatable bonds is 8. The van der Waals surface area contributed by atoms with Crippen molar-refractivity contribution in [3.05, 3.63) is 103 Å². The number of hydrogen-bond acceptors (Lipinski definition) is 12. The van der Waals surface area contributed by atoms with E-state index in [0.29, 0.717) is 24.3 Å². The maximum Gasteiger partial charge on any atom is 0.352 e. The summed E-state index contributed by atoms with van der Waals surface area (Å²) in [5, 5.41) is 21.3. The van der Waals surface area contributed by atoms with Crippen LogP contribution in [0, 0.1) is 26.9 Å². The van der Waals surface area contributed by atoms with Crippen molar-refractivity contribution in [1.82, 2.24) is 8.87 Å². The third kappa shape index (κ3) is 6.17. The van der Waals surface area contributed by atoms with Crippen LogP contribution in [0.4, 0.5) is 5.69 Å². The number of nitriles is 1. The van der Waals surface area contributed by atoms with E-state index < -0.39 is 55.9 Å². The first-order chi connectivity index (χ1) is 23.7. The molecule has 2 atom stereocenters. The molecule has 1 saturated heterocycles. The molecule has 0 amide bonds. The lowest BCUT2D eigenvalue weighted by atomic mass is 9.93. The summed E-state index contributed by atoms with van der Waals surface area (Å²) in [7, 11) is -4.47. The summed E-state index contributed by atoms with van der Waals surface area (Å²) in [6, 6.07) is 12.8. The number of pyridine rings is 1. The third-order valence-electron chi connectivity index (χ3n) is 9.04. The first kappa shape index (κ1) is 34.9. The zero-order chi connectivity index (χ0) is 36.0. The summed E-state index contributed by atoms with van der Waals surface area (Å²) in [5.41, 5.74) is -0.581. The highest BCUT2D eigenvalue weighted by atomic mass is 32.2. The van der Waals surface area contributed by atoms with Gasteiger partial charge in [-0.15, -0.1) is 0 Å². The zero-order valence-corrected chi connectivity index (χ0v) is 28.3. The molecule has 1 spiro atoms. The van der Waals surface area contributed by atoms with Crippen LogP contribution < -0.4 is 5.56 Å². The van der Waals surface area contributed by atoms with Crippen LogP contribution in [-0.2, 0) is 63.9 Å². The van der Waals surface area contributed by atoms with E-state index in [2.05, 4.69) is 0 Å². The van der Waals surface area contributed by atoms with E-state index in [1.165, 1.54) is 17.6 Å². The number of carbonyl (C=O) groups excluding carboxylic acids is 2. The number of non-ortho nitro benzene ring substituents is 1. The van der Waals surface area contributed by atoms with Crippen molar-refractivity contribution in [1.29, 1.82) is 5.26 Å². The number of benzene rings is 2. The Morgan fingerprint density at radius 1 is 1.12 bits per heavy atom. The fourth-order valence-electron chi connectivity index (χ4n) is 6.39. The predicted molar refractivity (Wildman–Crippen MR) is 173 cm³/mol. The van der Waals surface area contributed by atoms with Crippen molar-refractivity contribution in [3.63, 3.8) is 0 Å². The largest absolute Gasteiger partial charge is 0.463 e. The molecule has 3 aromatic rings. The number of fused-ring (bicyclic) bond motifs is 3. The normalized spacial score (nSPS) is 19.8. The van der Waals surface area contributed by atoms with Crippen LogP contribution in [0.3, 0.4) is 0 Å². The number of nitro groups is 1. The molecule has 1 aromatic heterocycles. The maximum atomic E-state index is 14.2. The molecule has 0 aliphatic carbocycles. The molecule has 262 valence electrons. The van der Waals surface area contributed by atoms with Gasteiger partial charge in [0.05, 0.1) is 35.3 Å². The number of nitrogens with zero attached hydrogens (tertiary/aromatic N) is 4. The summed E-state index contributed by atoms with van der Waals surface area (Å²) in [6.45, 7) is 5.82.